The molecule has 3 rings (SSSR count). The molecule has 0 spiro atoms. The van der Waals surface area contributed by atoms with Crippen LogP contribution in [0.25, 0.3) is 5.65 Å². The van der Waals surface area contributed by atoms with Crippen LogP contribution >= 0.6 is 11.6 Å². The summed E-state index contributed by atoms with van der Waals surface area (Å²) in [6, 6.07) is 7.69. The molecule has 90 valence electrons. The Kier molecular flexibility index (Phi) is 2.82. The molecule has 5 nitrogen and oxygen atoms in total. The molecule has 0 fully saturated rings. The van der Waals surface area contributed by atoms with Gasteiger partial charge in [0.1, 0.15) is 6.33 Å². The van der Waals surface area contributed by atoms with E-state index in [2.05, 4.69) is 20.5 Å². The smallest absolute Gasteiger partial charge is 0.203 e. The van der Waals surface area contributed by atoms with Crippen LogP contribution in [0.5, 0.6) is 0 Å². The molecule has 18 heavy (non-hydrogen) atoms. The average molecular weight is 260 g/mol. The Morgan fingerprint density at radius 3 is 3.06 bits per heavy atom. The zero-order valence-corrected chi connectivity index (χ0v) is 10.2. The minimum Gasteiger partial charge on any atom is -0.363 e. The highest BCUT2D eigenvalue weighted by Gasteiger charge is 2.05. The second-order valence-corrected chi connectivity index (χ2v) is 4.19. The van der Waals surface area contributed by atoms with Crippen LogP contribution in [0, 0.1) is 0 Å². The lowest BCUT2D eigenvalue weighted by Crippen LogP contribution is -2.03. The van der Waals surface area contributed by atoms with Gasteiger partial charge in [-0.05, 0) is 11.6 Å². The zero-order chi connectivity index (χ0) is 12.4. The summed E-state index contributed by atoms with van der Waals surface area (Å²) >= 11 is 6.09. The van der Waals surface area contributed by atoms with Crippen LogP contribution in [0.15, 0.2) is 43.0 Å². The molecule has 0 unspecified atom stereocenters. The summed E-state index contributed by atoms with van der Waals surface area (Å²) in [6.07, 6.45) is 5.14. The number of nitrogens with zero attached hydrogens (tertiary/aromatic N) is 4. The molecule has 3 aromatic rings. The third-order valence-corrected chi connectivity index (χ3v) is 2.99. The van der Waals surface area contributed by atoms with Crippen molar-refractivity contribution < 1.29 is 0 Å². The molecule has 0 saturated carbocycles. The number of anilines is 1. The molecule has 0 aliphatic carbocycles. The molecule has 0 bridgehead atoms. The molecular weight excluding hydrogens is 250 g/mol. The van der Waals surface area contributed by atoms with Crippen LogP contribution in [0.4, 0.5) is 5.82 Å². The molecule has 2 aromatic heterocycles. The highest BCUT2D eigenvalue weighted by atomic mass is 35.5. The molecule has 0 aliphatic heterocycles. The first-order chi connectivity index (χ1) is 8.84. The highest BCUT2D eigenvalue weighted by molar-refractivity contribution is 6.31. The normalized spacial score (nSPS) is 10.7. The molecule has 0 aliphatic rings. The molecule has 0 saturated heterocycles. The molecule has 0 atom stereocenters. The quantitative estimate of drug-likeness (QED) is 0.785. The Labute approximate surface area is 108 Å². The van der Waals surface area contributed by atoms with Crippen molar-refractivity contribution in [3.63, 3.8) is 0 Å². The molecule has 1 N–H and O–H groups in total. The van der Waals surface area contributed by atoms with Gasteiger partial charge in [-0.3, -0.25) is 4.40 Å². The van der Waals surface area contributed by atoms with Gasteiger partial charge in [0.2, 0.25) is 5.65 Å². The van der Waals surface area contributed by atoms with E-state index < -0.39 is 0 Å². The molecule has 6 heteroatoms. The summed E-state index contributed by atoms with van der Waals surface area (Å²) in [5.74, 6) is 0.690. The van der Waals surface area contributed by atoms with Gasteiger partial charge in [0.25, 0.3) is 0 Å². The first kappa shape index (κ1) is 11.0. The van der Waals surface area contributed by atoms with Crippen LogP contribution < -0.4 is 5.32 Å². The van der Waals surface area contributed by atoms with Crippen molar-refractivity contribution in [3.8, 4) is 0 Å². The number of fused-ring (bicyclic) bond motifs is 1. The van der Waals surface area contributed by atoms with Gasteiger partial charge in [-0.1, -0.05) is 29.8 Å². The first-order valence-corrected chi connectivity index (χ1v) is 5.84. The number of hydrogen-bond acceptors (Lipinski definition) is 4. The Morgan fingerprint density at radius 1 is 1.28 bits per heavy atom. The predicted molar refractivity (Wildman–Crippen MR) is 69.6 cm³/mol. The predicted octanol–water partition coefficient (Wildman–Crippen LogP) is 2.39. The van der Waals surface area contributed by atoms with E-state index in [0.29, 0.717) is 18.0 Å². The highest BCUT2D eigenvalue weighted by Crippen LogP contribution is 2.17. The maximum absolute atomic E-state index is 6.09. The largest absolute Gasteiger partial charge is 0.363 e. The Morgan fingerprint density at radius 2 is 2.17 bits per heavy atom. The van der Waals surface area contributed by atoms with Gasteiger partial charge >= 0.3 is 0 Å². The van der Waals surface area contributed by atoms with E-state index in [0.717, 1.165) is 10.6 Å². The van der Waals surface area contributed by atoms with Crippen LogP contribution in [-0.2, 0) is 6.54 Å². The second-order valence-electron chi connectivity index (χ2n) is 3.78. The van der Waals surface area contributed by atoms with E-state index in [9.17, 15) is 0 Å². The van der Waals surface area contributed by atoms with Crippen molar-refractivity contribution in [1.29, 1.82) is 0 Å². The number of halogens is 1. The summed E-state index contributed by atoms with van der Waals surface area (Å²) < 4.78 is 1.81. The van der Waals surface area contributed by atoms with Crippen LogP contribution in [0.2, 0.25) is 5.02 Å². The van der Waals surface area contributed by atoms with Crippen molar-refractivity contribution in [2.45, 2.75) is 6.54 Å². The van der Waals surface area contributed by atoms with E-state index in [1.807, 2.05) is 28.7 Å². The SMILES string of the molecule is Clc1ccccc1CNc1nccn2cnnc12. The van der Waals surface area contributed by atoms with E-state index in [4.69, 9.17) is 11.6 Å². The Bertz CT molecular complexity index is 679. The Balaban J connectivity index is 1.85. The van der Waals surface area contributed by atoms with Crippen molar-refractivity contribution >= 4 is 23.1 Å². The van der Waals surface area contributed by atoms with Crippen molar-refractivity contribution in [2.24, 2.45) is 0 Å². The van der Waals surface area contributed by atoms with E-state index in [1.165, 1.54) is 0 Å². The summed E-state index contributed by atoms with van der Waals surface area (Å²) in [4.78, 5) is 4.25. The lowest BCUT2D eigenvalue weighted by molar-refractivity contribution is 1.07. The van der Waals surface area contributed by atoms with Crippen LogP contribution in [0.1, 0.15) is 5.56 Å². The number of nitrogens with one attached hydrogen (secondary N) is 1. The summed E-state index contributed by atoms with van der Waals surface area (Å²) in [5, 5.41) is 11.8. The van der Waals surface area contributed by atoms with Gasteiger partial charge in [-0.15, -0.1) is 10.2 Å². The van der Waals surface area contributed by atoms with Gasteiger partial charge in [-0.25, -0.2) is 4.98 Å². The summed E-state index contributed by atoms with van der Waals surface area (Å²) in [6.45, 7) is 0.596. The maximum atomic E-state index is 6.09. The fourth-order valence-corrected chi connectivity index (χ4v) is 1.91. The third kappa shape index (κ3) is 2.00. The van der Waals surface area contributed by atoms with Gasteiger partial charge in [0.15, 0.2) is 5.82 Å². The lowest BCUT2D eigenvalue weighted by atomic mass is 10.2. The maximum Gasteiger partial charge on any atom is 0.203 e. The number of benzene rings is 1. The van der Waals surface area contributed by atoms with Gasteiger partial charge in [0, 0.05) is 24.0 Å². The summed E-state index contributed by atoms with van der Waals surface area (Å²) in [5.41, 5.74) is 1.71. The van der Waals surface area contributed by atoms with Crippen molar-refractivity contribution in [3.05, 3.63) is 53.6 Å². The van der Waals surface area contributed by atoms with E-state index >= 15 is 0 Å². The molecule has 2 heterocycles. The molecular formula is C12H10ClN5. The fourth-order valence-electron chi connectivity index (χ4n) is 1.70. The second kappa shape index (κ2) is 4.62. The van der Waals surface area contributed by atoms with Gasteiger partial charge < -0.3 is 5.32 Å². The van der Waals surface area contributed by atoms with Gasteiger partial charge in [-0.2, -0.15) is 0 Å². The molecule has 1 aromatic carbocycles. The van der Waals surface area contributed by atoms with E-state index in [-0.39, 0.29) is 0 Å². The number of hydrogen-bond donors (Lipinski definition) is 1. The minimum absolute atomic E-state index is 0.596. The topological polar surface area (TPSA) is 55.1 Å². The number of aromatic nitrogens is 4. The Hall–Kier alpha value is -2.14. The fraction of sp³-hybridized carbons (Fsp3) is 0.0833. The van der Waals surface area contributed by atoms with E-state index in [1.54, 1.807) is 18.7 Å². The lowest BCUT2D eigenvalue weighted by Gasteiger charge is -2.07. The summed E-state index contributed by atoms with van der Waals surface area (Å²) in [7, 11) is 0. The van der Waals surface area contributed by atoms with Crippen molar-refractivity contribution in [2.75, 3.05) is 5.32 Å². The van der Waals surface area contributed by atoms with Crippen molar-refractivity contribution in [1.82, 2.24) is 19.6 Å². The first-order valence-electron chi connectivity index (χ1n) is 5.46. The molecule has 0 amide bonds. The average Bonchev–Trinajstić information content (AvgIpc) is 2.86. The zero-order valence-electron chi connectivity index (χ0n) is 9.42. The minimum atomic E-state index is 0.596. The number of rotatable bonds is 3. The standard InChI is InChI=1S/C12H10ClN5/c13-10-4-2-1-3-9(10)7-15-11-12-17-16-8-18(12)6-5-14-11/h1-6,8H,7H2,(H,14,15). The van der Waals surface area contributed by atoms with Gasteiger partial charge in [0.05, 0.1) is 0 Å². The van der Waals surface area contributed by atoms with Crippen LogP contribution in [0.3, 0.4) is 0 Å². The molecule has 0 radical (unpaired) electrons. The third-order valence-electron chi connectivity index (χ3n) is 2.62. The van der Waals surface area contributed by atoms with Crippen LogP contribution in [-0.4, -0.2) is 19.6 Å². The monoisotopic (exact) mass is 259 g/mol.